The Labute approximate surface area is 165 Å². The normalized spacial score (nSPS) is 14.0. The number of para-hydroxylation sites is 1. The molecule has 0 bridgehead atoms. The van der Waals surface area contributed by atoms with Crippen molar-refractivity contribution in [3.63, 3.8) is 0 Å². The predicted octanol–water partition coefficient (Wildman–Crippen LogP) is 3.97. The van der Waals surface area contributed by atoms with Gasteiger partial charge in [0.2, 0.25) is 0 Å². The van der Waals surface area contributed by atoms with Crippen molar-refractivity contribution in [3.8, 4) is 0 Å². The van der Waals surface area contributed by atoms with Crippen LogP contribution in [-0.2, 0) is 0 Å². The molecule has 0 radical (unpaired) electrons. The van der Waals surface area contributed by atoms with Crippen LogP contribution in [0.4, 0.5) is 17.2 Å². The minimum atomic E-state index is -0.107. The molecular weight excluding hydrogens is 348 g/mol. The molecule has 0 unspecified atom stereocenters. The van der Waals surface area contributed by atoms with E-state index in [1.54, 1.807) is 6.20 Å². The molecule has 1 amide bonds. The highest BCUT2D eigenvalue weighted by atomic mass is 16.1. The van der Waals surface area contributed by atoms with Gasteiger partial charge in [0, 0.05) is 37.4 Å². The van der Waals surface area contributed by atoms with Crippen LogP contribution in [-0.4, -0.2) is 37.1 Å². The van der Waals surface area contributed by atoms with Gasteiger partial charge in [-0.2, -0.15) is 0 Å². The first-order chi connectivity index (χ1) is 13.7. The van der Waals surface area contributed by atoms with Gasteiger partial charge in [-0.15, -0.1) is 0 Å². The largest absolute Gasteiger partial charge is 0.368 e. The van der Waals surface area contributed by atoms with E-state index in [9.17, 15) is 4.79 Å². The molecule has 2 aromatic carbocycles. The number of nitrogens with one attached hydrogen (secondary N) is 1. The molecule has 1 aliphatic heterocycles. The summed E-state index contributed by atoms with van der Waals surface area (Å²) in [6, 6.07) is 22.0. The van der Waals surface area contributed by atoms with Crippen LogP contribution in [0.3, 0.4) is 0 Å². The molecule has 3 aromatic rings. The second kappa shape index (κ2) is 8.13. The van der Waals surface area contributed by atoms with Crippen LogP contribution in [0.1, 0.15) is 15.9 Å². The Bertz CT molecular complexity index is 932. The first-order valence-corrected chi connectivity index (χ1v) is 9.59. The molecule has 1 aliphatic rings. The van der Waals surface area contributed by atoms with Gasteiger partial charge in [-0.05, 0) is 42.8 Å². The third kappa shape index (κ3) is 3.98. The van der Waals surface area contributed by atoms with E-state index >= 15 is 0 Å². The fraction of sp³-hybridized carbons (Fsp3) is 0.217. The number of benzene rings is 2. The Hall–Kier alpha value is -3.34. The summed E-state index contributed by atoms with van der Waals surface area (Å²) >= 11 is 0. The molecule has 0 saturated carbocycles. The van der Waals surface area contributed by atoms with E-state index in [1.807, 2.05) is 49.4 Å². The van der Waals surface area contributed by atoms with Gasteiger partial charge in [-0.1, -0.05) is 36.4 Å². The third-order valence-electron chi connectivity index (χ3n) is 5.12. The maximum Gasteiger partial charge on any atom is 0.255 e. The van der Waals surface area contributed by atoms with Crippen LogP contribution in [0.25, 0.3) is 0 Å². The highest BCUT2D eigenvalue weighted by Crippen LogP contribution is 2.20. The van der Waals surface area contributed by atoms with Crippen LogP contribution in [0.2, 0.25) is 0 Å². The second-order valence-electron chi connectivity index (χ2n) is 6.98. The Kier molecular flexibility index (Phi) is 5.24. The van der Waals surface area contributed by atoms with E-state index < -0.39 is 0 Å². The number of carbonyl (C=O) groups excluding carboxylic acids is 1. The van der Waals surface area contributed by atoms with Crippen LogP contribution in [0.5, 0.6) is 0 Å². The van der Waals surface area contributed by atoms with Crippen molar-refractivity contribution in [3.05, 3.63) is 84.1 Å². The van der Waals surface area contributed by atoms with Crippen molar-refractivity contribution in [1.82, 2.24) is 4.98 Å². The van der Waals surface area contributed by atoms with Crippen LogP contribution in [0, 0.1) is 6.92 Å². The molecular formula is C23H24N4O. The van der Waals surface area contributed by atoms with Crippen LogP contribution in [0.15, 0.2) is 72.9 Å². The number of rotatable bonds is 4. The summed E-state index contributed by atoms with van der Waals surface area (Å²) in [4.78, 5) is 21.7. The molecule has 1 fully saturated rings. The Balaban J connectivity index is 1.36. The van der Waals surface area contributed by atoms with Gasteiger partial charge in [0.15, 0.2) is 0 Å². The first-order valence-electron chi connectivity index (χ1n) is 9.59. The van der Waals surface area contributed by atoms with E-state index in [0.717, 1.165) is 37.6 Å². The van der Waals surface area contributed by atoms with E-state index in [1.165, 1.54) is 5.69 Å². The van der Waals surface area contributed by atoms with Gasteiger partial charge in [-0.25, -0.2) is 4.98 Å². The van der Waals surface area contributed by atoms with E-state index in [0.29, 0.717) is 11.3 Å². The van der Waals surface area contributed by atoms with E-state index in [2.05, 4.69) is 44.4 Å². The monoisotopic (exact) mass is 372 g/mol. The summed E-state index contributed by atoms with van der Waals surface area (Å²) in [6.07, 6.45) is 1.73. The molecule has 0 spiro atoms. The predicted molar refractivity (Wildman–Crippen MR) is 114 cm³/mol. The average Bonchev–Trinajstić information content (AvgIpc) is 2.75. The number of aromatic nitrogens is 1. The highest BCUT2D eigenvalue weighted by Gasteiger charge is 2.18. The van der Waals surface area contributed by atoms with Crippen molar-refractivity contribution in [2.24, 2.45) is 0 Å². The molecule has 1 N–H and O–H groups in total. The van der Waals surface area contributed by atoms with Crippen LogP contribution < -0.4 is 15.1 Å². The zero-order valence-electron chi connectivity index (χ0n) is 16.0. The standard InChI is InChI=1S/C23H24N4O/c1-18-7-5-6-10-21(18)23(28)25-19-11-12-22(24-17-19)27-15-13-26(14-16-27)20-8-3-2-4-9-20/h2-12,17H,13-16H2,1H3,(H,25,28). The van der Waals surface area contributed by atoms with Gasteiger partial charge < -0.3 is 15.1 Å². The molecule has 1 saturated heterocycles. The molecule has 1 aromatic heterocycles. The quantitative estimate of drug-likeness (QED) is 0.753. The molecule has 0 aliphatic carbocycles. The summed E-state index contributed by atoms with van der Waals surface area (Å²) in [5, 5.41) is 2.93. The molecule has 2 heterocycles. The number of anilines is 3. The summed E-state index contributed by atoms with van der Waals surface area (Å²) in [7, 11) is 0. The molecule has 5 nitrogen and oxygen atoms in total. The lowest BCUT2D eigenvalue weighted by atomic mass is 10.1. The van der Waals surface area contributed by atoms with E-state index in [4.69, 9.17) is 0 Å². The number of amides is 1. The maximum atomic E-state index is 12.4. The smallest absolute Gasteiger partial charge is 0.255 e. The van der Waals surface area contributed by atoms with Gasteiger partial charge in [0.25, 0.3) is 5.91 Å². The van der Waals surface area contributed by atoms with Gasteiger partial charge >= 0.3 is 0 Å². The lowest BCUT2D eigenvalue weighted by Crippen LogP contribution is -2.46. The van der Waals surface area contributed by atoms with Gasteiger partial charge in [0.1, 0.15) is 5.82 Å². The topological polar surface area (TPSA) is 48.5 Å². The molecule has 4 rings (SSSR count). The molecule has 28 heavy (non-hydrogen) atoms. The maximum absolute atomic E-state index is 12.4. The first kappa shape index (κ1) is 18.0. The van der Waals surface area contributed by atoms with E-state index in [-0.39, 0.29) is 5.91 Å². The van der Waals surface area contributed by atoms with Crippen molar-refractivity contribution in [2.45, 2.75) is 6.92 Å². The SMILES string of the molecule is Cc1ccccc1C(=O)Nc1ccc(N2CCN(c3ccccc3)CC2)nc1. The lowest BCUT2D eigenvalue weighted by molar-refractivity contribution is 0.102. The third-order valence-corrected chi connectivity index (χ3v) is 5.12. The number of aryl methyl sites for hydroxylation is 1. The summed E-state index contributed by atoms with van der Waals surface area (Å²) in [6.45, 7) is 5.73. The van der Waals surface area contributed by atoms with Gasteiger partial charge in [-0.3, -0.25) is 4.79 Å². The number of carbonyl (C=O) groups is 1. The molecule has 5 heteroatoms. The molecule has 142 valence electrons. The Morgan fingerprint density at radius 1 is 0.857 bits per heavy atom. The van der Waals surface area contributed by atoms with Crippen molar-refractivity contribution >= 4 is 23.1 Å². The summed E-state index contributed by atoms with van der Waals surface area (Å²) in [5.41, 5.74) is 3.62. The van der Waals surface area contributed by atoms with Crippen molar-refractivity contribution in [2.75, 3.05) is 41.3 Å². The zero-order chi connectivity index (χ0) is 19.3. The summed E-state index contributed by atoms with van der Waals surface area (Å²) < 4.78 is 0. The van der Waals surface area contributed by atoms with Crippen molar-refractivity contribution in [1.29, 1.82) is 0 Å². The number of nitrogens with zero attached hydrogens (tertiary/aromatic N) is 3. The average molecular weight is 372 g/mol. The number of hydrogen-bond donors (Lipinski definition) is 1. The Morgan fingerprint density at radius 3 is 2.21 bits per heavy atom. The lowest BCUT2D eigenvalue weighted by Gasteiger charge is -2.36. The highest BCUT2D eigenvalue weighted by molar-refractivity contribution is 6.05. The summed E-state index contributed by atoms with van der Waals surface area (Å²) in [5.74, 6) is 0.839. The minimum Gasteiger partial charge on any atom is -0.368 e. The zero-order valence-corrected chi connectivity index (χ0v) is 16.0. The van der Waals surface area contributed by atoms with Gasteiger partial charge in [0.05, 0.1) is 11.9 Å². The Morgan fingerprint density at radius 2 is 1.54 bits per heavy atom. The van der Waals surface area contributed by atoms with Crippen LogP contribution >= 0.6 is 0 Å². The fourth-order valence-corrected chi connectivity index (χ4v) is 3.51. The number of hydrogen-bond acceptors (Lipinski definition) is 4. The number of piperazine rings is 1. The second-order valence-corrected chi connectivity index (χ2v) is 6.98. The number of pyridine rings is 1. The minimum absolute atomic E-state index is 0.107. The molecule has 0 atom stereocenters. The fourth-order valence-electron chi connectivity index (χ4n) is 3.51. The van der Waals surface area contributed by atoms with Crippen molar-refractivity contribution < 1.29 is 4.79 Å².